The van der Waals surface area contributed by atoms with E-state index in [1.165, 1.54) is 12.1 Å². The summed E-state index contributed by atoms with van der Waals surface area (Å²) >= 11 is 3.03. The lowest BCUT2D eigenvalue weighted by molar-refractivity contribution is 0.100. The number of halogens is 2. The van der Waals surface area contributed by atoms with Crippen LogP contribution >= 0.6 is 15.9 Å². The van der Waals surface area contributed by atoms with Crippen LogP contribution in [0.1, 0.15) is 12.0 Å². The van der Waals surface area contributed by atoms with Crippen LogP contribution in [0.4, 0.5) is 4.39 Å². The van der Waals surface area contributed by atoms with Gasteiger partial charge in [-0.1, -0.05) is 11.2 Å². The topological polar surface area (TPSA) is 76.0 Å². The van der Waals surface area contributed by atoms with Crippen LogP contribution in [-0.2, 0) is 15.0 Å². The van der Waals surface area contributed by atoms with E-state index in [0.717, 1.165) is 0 Å². The van der Waals surface area contributed by atoms with Crippen molar-refractivity contribution in [2.24, 2.45) is 5.16 Å². The van der Waals surface area contributed by atoms with Gasteiger partial charge in [0.1, 0.15) is 17.7 Å². The van der Waals surface area contributed by atoms with E-state index in [2.05, 4.69) is 21.1 Å². The largest absolute Gasteiger partial charge is 0.391 e. The molecule has 1 N–H and O–H groups in total. The summed E-state index contributed by atoms with van der Waals surface area (Å²) in [5.74, 6) is -0.965. The Hall–Kier alpha value is -0.990. The van der Waals surface area contributed by atoms with Crippen LogP contribution in [0.5, 0.6) is 0 Å². The maximum atomic E-state index is 13.3. The van der Waals surface area contributed by atoms with Gasteiger partial charge in [-0.05, 0) is 28.1 Å². The summed E-state index contributed by atoms with van der Waals surface area (Å²) in [6, 6.07) is 4.45. The minimum absolute atomic E-state index is 0.209. The molecule has 1 aliphatic heterocycles. The molecule has 0 aromatic heterocycles. The molecule has 0 amide bonds. The SMILES string of the molecule is O=S(=O)(O)CC1CC(c2ccc(Br)c(F)c2)=NO1. The van der Waals surface area contributed by atoms with E-state index in [9.17, 15) is 12.8 Å². The first-order chi connectivity index (χ1) is 8.35. The Balaban J connectivity index is 2.11. The molecule has 0 bridgehead atoms. The van der Waals surface area contributed by atoms with Crippen molar-refractivity contribution in [3.63, 3.8) is 0 Å². The van der Waals surface area contributed by atoms with Crippen molar-refractivity contribution in [3.8, 4) is 0 Å². The molecule has 1 atom stereocenters. The Morgan fingerprint density at radius 1 is 1.56 bits per heavy atom. The molecule has 0 radical (unpaired) electrons. The molecule has 1 aromatic carbocycles. The van der Waals surface area contributed by atoms with Crippen molar-refractivity contribution in [2.45, 2.75) is 12.5 Å². The molecule has 2 rings (SSSR count). The van der Waals surface area contributed by atoms with Gasteiger partial charge in [0.2, 0.25) is 0 Å². The first-order valence-corrected chi connectivity index (χ1v) is 7.38. The lowest BCUT2D eigenvalue weighted by Crippen LogP contribution is -2.20. The molecule has 98 valence electrons. The summed E-state index contributed by atoms with van der Waals surface area (Å²) in [7, 11) is -4.11. The van der Waals surface area contributed by atoms with Crippen LogP contribution in [0, 0.1) is 5.82 Å². The number of hydrogen-bond donors (Lipinski definition) is 1. The smallest absolute Gasteiger partial charge is 0.268 e. The Kier molecular flexibility index (Phi) is 3.69. The third-order valence-corrected chi connectivity index (χ3v) is 3.82. The monoisotopic (exact) mass is 337 g/mol. The Bertz CT molecular complexity index is 602. The van der Waals surface area contributed by atoms with Crippen LogP contribution in [0.25, 0.3) is 0 Å². The van der Waals surface area contributed by atoms with Gasteiger partial charge in [0.15, 0.2) is 0 Å². The van der Waals surface area contributed by atoms with Gasteiger partial charge in [0.25, 0.3) is 10.1 Å². The van der Waals surface area contributed by atoms with E-state index < -0.39 is 27.8 Å². The summed E-state index contributed by atoms with van der Waals surface area (Å²) in [6.45, 7) is 0. The third kappa shape index (κ3) is 3.27. The van der Waals surface area contributed by atoms with Gasteiger partial charge >= 0.3 is 0 Å². The first-order valence-electron chi connectivity index (χ1n) is 4.98. The average molecular weight is 338 g/mol. The molecule has 1 heterocycles. The molecule has 0 saturated carbocycles. The van der Waals surface area contributed by atoms with Crippen molar-refractivity contribution in [2.75, 3.05) is 5.75 Å². The molecular weight excluding hydrogens is 329 g/mol. The van der Waals surface area contributed by atoms with Gasteiger partial charge in [-0.25, -0.2) is 4.39 Å². The van der Waals surface area contributed by atoms with Gasteiger partial charge in [0.05, 0.1) is 10.2 Å². The first kappa shape index (κ1) is 13.4. The molecule has 0 spiro atoms. The Morgan fingerprint density at radius 3 is 2.89 bits per heavy atom. The van der Waals surface area contributed by atoms with Gasteiger partial charge in [0, 0.05) is 12.0 Å². The Morgan fingerprint density at radius 2 is 2.28 bits per heavy atom. The summed E-state index contributed by atoms with van der Waals surface area (Å²) in [5.41, 5.74) is 0.976. The molecule has 0 fully saturated rings. The van der Waals surface area contributed by atoms with Crippen molar-refractivity contribution < 1.29 is 22.2 Å². The predicted molar refractivity (Wildman–Crippen MR) is 66.5 cm³/mol. The maximum absolute atomic E-state index is 13.3. The van der Waals surface area contributed by atoms with Crippen molar-refractivity contribution in [1.82, 2.24) is 0 Å². The standard InChI is InChI=1S/C10H9BrFNO4S/c11-8-2-1-6(3-9(8)12)10-4-7(17-13-10)5-18(14,15)16/h1-3,7H,4-5H2,(H,14,15,16). The quantitative estimate of drug-likeness (QED) is 0.855. The van der Waals surface area contributed by atoms with E-state index in [1.807, 2.05) is 0 Å². The van der Waals surface area contributed by atoms with Crippen LogP contribution in [0.15, 0.2) is 27.8 Å². The van der Waals surface area contributed by atoms with Crippen molar-refractivity contribution >= 4 is 31.8 Å². The number of hydrogen-bond acceptors (Lipinski definition) is 4. The highest BCUT2D eigenvalue weighted by atomic mass is 79.9. The van der Waals surface area contributed by atoms with Gasteiger partial charge in [-0.2, -0.15) is 8.42 Å². The van der Waals surface area contributed by atoms with E-state index in [4.69, 9.17) is 9.39 Å². The lowest BCUT2D eigenvalue weighted by Gasteiger charge is -2.04. The minimum atomic E-state index is -4.11. The fourth-order valence-corrected chi connectivity index (χ4v) is 2.49. The zero-order chi connectivity index (χ0) is 13.3. The number of nitrogens with zero attached hydrogens (tertiary/aromatic N) is 1. The molecule has 18 heavy (non-hydrogen) atoms. The van der Waals surface area contributed by atoms with Crippen LogP contribution < -0.4 is 0 Å². The average Bonchev–Trinajstić information content (AvgIpc) is 2.68. The van der Waals surface area contributed by atoms with E-state index >= 15 is 0 Å². The molecule has 1 aromatic rings. The van der Waals surface area contributed by atoms with Crippen LogP contribution in [0.2, 0.25) is 0 Å². The zero-order valence-electron chi connectivity index (χ0n) is 9.01. The maximum Gasteiger partial charge on any atom is 0.268 e. The summed E-state index contributed by atoms with van der Waals surface area (Å²) in [6.07, 6.45) is -0.525. The molecular formula is C10H9BrFNO4S. The second-order valence-corrected chi connectivity index (χ2v) is 6.20. The predicted octanol–water partition coefficient (Wildman–Crippen LogP) is 1.97. The van der Waals surface area contributed by atoms with Gasteiger partial charge < -0.3 is 4.84 Å². The highest BCUT2D eigenvalue weighted by molar-refractivity contribution is 9.10. The highest BCUT2D eigenvalue weighted by Crippen LogP contribution is 2.21. The fourth-order valence-electron chi connectivity index (χ4n) is 1.60. The molecule has 5 nitrogen and oxygen atoms in total. The van der Waals surface area contributed by atoms with Crippen LogP contribution in [-0.4, -0.2) is 30.5 Å². The number of oxime groups is 1. The molecule has 8 heteroatoms. The second kappa shape index (κ2) is 4.94. The third-order valence-electron chi connectivity index (χ3n) is 2.38. The number of rotatable bonds is 3. The second-order valence-electron chi connectivity index (χ2n) is 3.85. The van der Waals surface area contributed by atoms with E-state index in [0.29, 0.717) is 15.7 Å². The molecule has 0 aliphatic carbocycles. The molecule has 1 aliphatic rings. The number of benzene rings is 1. The normalized spacial score (nSPS) is 19.5. The Labute approximate surface area is 112 Å². The zero-order valence-corrected chi connectivity index (χ0v) is 11.4. The summed E-state index contributed by atoms with van der Waals surface area (Å²) in [4.78, 5) is 4.88. The van der Waals surface area contributed by atoms with Crippen LogP contribution in [0.3, 0.4) is 0 Å². The van der Waals surface area contributed by atoms with E-state index in [1.54, 1.807) is 6.07 Å². The highest BCUT2D eigenvalue weighted by Gasteiger charge is 2.26. The minimum Gasteiger partial charge on any atom is -0.391 e. The van der Waals surface area contributed by atoms with Crippen molar-refractivity contribution in [3.05, 3.63) is 34.1 Å². The molecule has 0 saturated heterocycles. The lowest BCUT2D eigenvalue weighted by atomic mass is 10.1. The van der Waals surface area contributed by atoms with Gasteiger partial charge in [-0.15, -0.1) is 0 Å². The van der Waals surface area contributed by atoms with E-state index in [-0.39, 0.29) is 6.42 Å². The summed E-state index contributed by atoms with van der Waals surface area (Å²) < 4.78 is 43.7. The van der Waals surface area contributed by atoms with Crippen molar-refractivity contribution in [1.29, 1.82) is 0 Å². The summed E-state index contributed by atoms with van der Waals surface area (Å²) in [5, 5.41) is 3.70. The fraction of sp³-hybridized carbons (Fsp3) is 0.300. The van der Waals surface area contributed by atoms with Gasteiger partial charge in [-0.3, -0.25) is 4.55 Å². The molecule has 1 unspecified atom stereocenters.